The second kappa shape index (κ2) is 2.31. The molecule has 0 saturated heterocycles. The molecule has 0 aliphatic carbocycles. The van der Waals surface area contributed by atoms with Gasteiger partial charge in [0.15, 0.2) is 0 Å². The normalized spacial score (nSPS) is 9.67. The molecule has 1 aromatic rings. The smallest absolute Gasteiger partial charge is 0.115 e. The molecular formula is C6H8ClNO. The summed E-state index contributed by atoms with van der Waals surface area (Å²) in [5.74, 6) is 0. The van der Waals surface area contributed by atoms with Gasteiger partial charge < -0.3 is 9.32 Å². The summed E-state index contributed by atoms with van der Waals surface area (Å²) >= 11 is 5.70. The van der Waals surface area contributed by atoms with Gasteiger partial charge in [-0.05, 0) is 0 Å². The molecule has 0 aromatic carbocycles. The monoisotopic (exact) mass is 145 g/mol. The molecule has 0 spiro atoms. The van der Waals surface area contributed by atoms with Crippen molar-refractivity contribution in [2.45, 2.75) is 0 Å². The van der Waals surface area contributed by atoms with E-state index in [1.54, 1.807) is 6.26 Å². The molecule has 9 heavy (non-hydrogen) atoms. The Morgan fingerprint density at radius 3 is 2.33 bits per heavy atom. The van der Waals surface area contributed by atoms with Gasteiger partial charge in [0.2, 0.25) is 0 Å². The molecule has 0 fully saturated rings. The minimum absolute atomic E-state index is 0.653. The number of hydrogen-bond acceptors (Lipinski definition) is 2. The molecule has 1 aromatic heterocycles. The predicted octanol–water partition coefficient (Wildman–Crippen LogP) is 2.00. The lowest BCUT2D eigenvalue weighted by Gasteiger charge is -2.07. The minimum Gasteiger partial charge on any atom is -0.469 e. The van der Waals surface area contributed by atoms with E-state index in [2.05, 4.69) is 0 Å². The summed E-state index contributed by atoms with van der Waals surface area (Å²) in [5, 5.41) is 0.653. The molecule has 3 heteroatoms. The van der Waals surface area contributed by atoms with Crippen LogP contribution in [0.15, 0.2) is 16.9 Å². The van der Waals surface area contributed by atoms with Crippen molar-refractivity contribution in [1.29, 1.82) is 0 Å². The van der Waals surface area contributed by atoms with Crippen LogP contribution in [0.4, 0.5) is 5.69 Å². The van der Waals surface area contributed by atoms with Crippen molar-refractivity contribution < 1.29 is 4.42 Å². The zero-order valence-corrected chi connectivity index (χ0v) is 6.14. The standard InChI is InChI=1S/C6H8ClNO/c1-8(2)6-4-9-3-5(6)7/h3-4H,1-2H3. The van der Waals surface area contributed by atoms with E-state index in [1.807, 2.05) is 19.0 Å². The summed E-state index contributed by atoms with van der Waals surface area (Å²) in [7, 11) is 3.83. The second-order valence-corrected chi connectivity index (χ2v) is 2.41. The van der Waals surface area contributed by atoms with Crippen LogP contribution >= 0.6 is 11.6 Å². The van der Waals surface area contributed by atoms with E-state index in [1.165, 1.54) is 6.26 Å². The molecule has 0 amide bonds. The zero-order chi connectivity index (χ0) is 6.85. The highest BCUT2D eigenvalue weighted by molar-refractivity contribution is 6.33. The first-order chi connectivity index (χ1) is 4.22. The highest BCUT2D eigenvalue weighted by Crippen LogP contribution is 2.24. The maximum atomic E-state index is 5.70. The first kappa shape index (κ1) is 6.49. The third-order valence-corrected chi connectivity index (χ3v) is 1.36. The third kappa shape index (κ3) is 1.19. The molecule has 50 valence electrons. The molecule has 0 unspecified atom stereocenters. The summed E-state index contributed by atoms with van der Waals surface area (Å²) in [5.41, 5.74) is 0.914. The van der Waals surface area contributed by atoms with Gasteiger partial charge in [0, 0.05) is 14.1 Å². The summed E-state index contributed by atoms with van der Waals surface area (Å²) in [6, 6.07) is 0. The van der Waals surface area contributed by atoms with Crippen LogP contribution in [0.2, 0.25) is 5.02 Å². The van der Waals surface area contributed by atoms with Gasteiger partial charge in [0.25, 0.3) is 0 Å². The van der Waals surface area contributed by atoms with Crippen LogP contribution in [-0.4, -0.2) is 14.1 Å². The highest BCUT2D eigenvalue weighted by atomic mass is 35.5. The highest BCUT2D eigenvalue weighted by Gasteiger charge is 2.02. The Balaban J connectivity index is 2.94. The topological polar surface area (TPSA) is 16.4 Å². The van der Waals surface area contributed by atoms with Gasteiger partial charge in [-0.2, -0.15) is 0 Å². The van der Waals surface area contributed by atoms with Crippen molar-refractivity contribution in [3.63, 3.8) is 0 Å². The lowest BCUT2D eigenvalue weighted by molar-refractivity contribution is 0.567. The van der Waals surface area contributed by atoms with E-state index in [4.69, 9.17) is 16.0 Å². The van der Waals surface area contributed by atoms with Crippen molar-refractivity contribution >= 4 is 17.3 Å². The average molecular weight is 146 g/mol. The van der Waals surface area contributed by atoms with Crippen LogP contribution in [0.1, 0.15) is 0 Å². The van der Waals surface area contributed by atoms with Crippen molar-refractivity contribution in [1.82, 2.24) is 0 Å². The fourth-order valence-electron chi connectivity index (χ4n) is 0.594. The first-order valence-corrected chi connectivity index (χ1v) is 2.98. The maximum Gasteiger partial charge on any atom is 0.115 e. The van der Waals surface area contributed by atoms with Crippen molar-refractivity contribution in [3.05, 3.63) is 17.5 Å². The predicted molar refractivity (Wildman–Crippen MR) is 38.0 cm³/mol. The Hall–Kier alpha value is -0.630. The Labute approximate surface area is 59.0 Å². The molecule has 0 atom stereocenters. The molecule has 0 aliphatic rings. The van der Waals surface area contributed by atoms with Crippen LogP contribution in [0.5, 0.6) is 0 Å². The van der Waals surface area contributed by atoms with Crippen LogP contribution in [0, 0.1) is 0 Å². The largest absolute Gasteiger partial charge is 0.469 e. The first-order valence-electron chi connectivity index (χ1n) is 2.61. The quantitative estimate of drug-likeness (QED) is 0.601. The number of furan rings is 1. The summed E-state index contributed by atoms with van der Waals surface area (Å²) in [6.07, 6.45) is 3.12. The van der Waals surface area contributed by atoms with Gasteiger partial charge >= 0.3 is 0 Å². The van der Waals surface area contributed by atoms with Crippen molar-refractivity contribution in [2.75, 3.05) is 19.0 Å². The fourth-order valence-corrected chi connectivity index (χ4v) is 0.859. The molecule has 0 radical (unpaired) electrons. The van der Waals surface area contributed by atoms with Crippen LogP contribution in [0.25, 0.3) is 0 Å². The lowest BCUT2D eigenvalue weighted by atomic mass is 10.5. The number of anilines is 1. The molecule has 2 nitrogen and oxygen atoms in total. The van der Waals surface area contributed by atoms with E-state index >= 15 is 0 Å². The Morgan fingerprint density at radius 1 is 1.44 bits per heavy atom. The minimum atomic E-state index is 0.653. The number of halogens is 1. The van der Waals surface area contributed by atoms with Gasteiger partial charge in [-0.25, -0.2) is 0 Å². The molecule has 0 saturated carbocycles. The van der Waals surface area contributed by atoms with Crippen molar-refractivity contribution in [3.8, 4) is 0 Å². The molecule has 1 heterocycles. The lowest BCUT2D eigenvalue weighted by Crippen LogP contribution is -2.07. The summed E-state index contributed by atoms with van der Waals surface area (Å²) in [6.45, 7) is 0. The summed E-state index contributed by atoms with van der Waals surface area (Å²) in [4.78, 5) is 1.89. The van der Waals surface area contributed by atoms with E-state index in [9.17, 15) is 0 Å². The average Bonchev–Trinajstić information content (AvgIpc) is 2.13. The number of nitrogens with zero attached hydrogens (tertiary/aromatic N) is 1. The molecule has 0 N–H and O–H groups in total. The van der Waals surface area contributed by atoms with E-state index in [0.717, 1.165) is 5.69 Å². The van der Waals surface area contributed by atoms with Gasteiger partial charge in [0.05, 0.1) is 5.69 Å². The van der Waals surface area contributed by atoms with E-state index < -0.39 is 0 Å². The Morgan fingerprint density at radius 2 is 2.11 bits per heavy atom. The zero-order valence-electron chi connectivity index (χ0n) is 5.39. The number of hydrogen-bond donors (Lipinski definition) is 0. The maximum absolute atomic E-state index is 5.70. The SMILES string of the molecule is CN(C)c1cocc1Cl. The Bertz CT molecular complexity index is 195. The molecular weight excluding hydrogens is 138 g/mol. The van der Waals surface area contributed by atoms with Crippen LogP contribution in [-0.2, 0) is 0 Å². The fraction of sp³-hybridized carbons (Fsp3) is 0.333. The third-order valence-electron chi connectivity index (χ3n) is 1.08. The molecule has 0 bridgehead atoms. The number of rotatable bonds is 1. The van der Waals surface area contributed by atoms with E-state index in [0.29, 0.717) is 5.02 Å². The second-order valence-electron chi connectivity index (χ2n) is 2.00. The van der Waals surface area contributed by atoms with Crippen molar-refractivity contribution in [2.24, 2.45) is 0 Å². The van der Waals surface area contributed by atoms with Gasteiger partial charge in [0.1, 0.15) is 17.5 Å². The van der Waals surface area contributed by atoms with Crippen LogP contribution < -0.4 is 4.90 Å². The molecule has 0 aliphatic heterocycles. The molecule has 1 rings (SSSR count). The van der Waals surface area contributed by atoms with Gasteiger partial charge in [-0.3, -0.25) is 0 Å². The summed E-state index contributed by atoms with van der Waals surface area (Å²) < 4.78 is 4.83. The van der Waals surface area contributed by atoms with Gasteiger partial charge in [-0.1, -0.05) is 11.6 Å². The van der Waals surface area contributed by atoms with E-state index in [-0.39, 0.29) is 0 Å². The van der Waals surface area contributed by atoms with Crippen LogP contribution in [0.3, 0.4) is 0 Å². The Kier molecular flexibility index (Phi) is 1.67. The van der Waals surface area contributed by atoms with Gasteiger partial charge in [-0.15, -0.1) is 0 Å².